The number of hydrogen-bond donors (Lipinski definition) is 0. The summed E-state index contributed by atoms with van der Waals surface area (Å²) in [6.45, 7) is 5.94. The molecule has 1 unspecified atom stereocenters. The van der Waals surface area contributed by atoms with Crippen molar-refractivity contribution in [2.45, 2.75) is 13.0 Å². The second-order valence-electron chi connectivity index (χ2n) is 2.75. The fourth-order valence-corrected chi connectivity index (χ4v) is 1.90. The molecule has 70 valence electrons. The van der Waals surface area contributed by atoms with Crippen molar-refractivity contribution in [1.82, 2.24) is 0 Å². The molecule has 0 N–H and O–H groups in total. The average molecular weight is 194 g/mol. The molecule has 0 bridgehead atoms. The molecule has 0 saturated carbocycles. The van der Waals surface area contributed by atoms with Crippen LogP contribution in [0.5, 0.6) is 0 Å². The van der Waals surface area contributed by atoms with Gasteiger partial charge < -0.3 is 4.74 Å². The van der Waals surface area contributed by atoms with Crippen LogP contribution in [-0.2, 0) is 4.74 Å². The van der Waals surface area contributed by atoms with Crippen molar-refractivity contribution in [3.05, 3.63) is 46.7 Å². The Bertz CT molecular complexity index is 285. The number of allylic oxidation sites excluding steroid dienone is 1. The van der Waals surface area contributed by atoms with E-state index in [0.717, 1.165) is 5.57 Å². The summed E-state index contributed by atoms with van der Waals surface area (Å²) in [5.41, 5.74) is 2.17. The van der Waals surface area contributed by atoms with Crippen LogP contribution in [0.25, 0.3) is 0 Å². The smallest absolute Gasteiger partial charge is 0.107 e. The number of methoxy groups -OCH3 is 1. The number of ether oxygens (including phenoxy) is 1. The first-order valence-corrected chi connectivity index (χ1v) is 5.10. The molecule has 0 aliphatic rings. The second kappa shape index (κ2) is 5.00. The van der Waals surface area contributed by atoms with Gasteiger partial charge in [0.25, 0.3) is 0 Å². The van der Waals surface area contributed by atoms with Gasteiger partial charge in [0.15, 0.2) is 0 Å². The number of rotatable bonds is 4. The molecule has 0 aliphatic carbocycles. The molecule has 0 fully saturated rings. The Morgan fingerprint density at radius 1 is 1.69 bits per heavy atom. The van der Waals surface area contributed by atoms with Crippen LogP contribution in [0.2, 0.25) is 0 Å². The van der Waals surface area contributed by atoms with Crippen LogP contribution < -0.4 is 0 Å². The van der Waals surface area contributed by atoms with Gasteiger partial charge in [0.1, 0.15) is 6.10 Å². The molecule has 1 nitrogen and oxygen atoms in total. The van der Waals surface area contributed by atoms with E-state index in [1.165, 1.54) is 5.56 Å². The molecule has 0 saturated heterocycles. The highest BCUT2D eigenvalue weighted by molar-refractivity contribution is 7.07. The Kier molecular flexibility index (Phi) is 3.93. The summed E-state index contributed by atoms with van der Waals surface area (Å²) < 4.78 is 5.36. The zero-order valence-electron chi connectivity index (χ0n) is 7.99. The predicted octanol–water partition coefficient (Wildman–Crippen LogP) is 3.57. The van der Waals surface area contributed by atoms with Gasteiger partial charge in [-0.2, -0.15) is 11.3 Å². The molecule has 1 aromatic heterocycles. The van der Waals surface area contributed by atoms with E-state index < -0.39 is 0 Å². The van der Waals surface area contributed by atoms with Gasteiger partial charge in [-0.25, -0.2) is 0 Å². The largest absolute Gasteiger partial charge is 0.372 e. The fraction of sp³-hybridized carbons (Fsp3) is 0.273. The molecule has 0 amide bonds. The molecule has 0 aliphatic heterocycles. The van der Waals surface area contributed by atoms with Gasteiger partial charge in [-0.05, 0) is 34.9 Å². The third kappa shape index (κ3) is 2.54. The normalized spacial score (nSPS) is 13.4. The minimum Gasteiger partial charge on any atom is -0.372 e. The second-order valence-corrected chi connectivity index (χ2v) is 3.53. The summed E-state index contributed by atoms with van der Waals surface area (Å²) in [6, 6.07) is 2.06. The lowest BCUT2D eigenvalue weighted by Gasteiger charge is -2.13. The third-order valence-electron chi connectivity index (χ3n) is 1.80. The molecule has 1 heterocycles. The maximum Gasteiger partial charge on any atom is 0.107 e. The zero-order chi connectivity index (χ0) is 9.68. The third-order valence-corrected chi connectivity index (χ3v) is 2.50. The first kappa shape index (κ1) is 10.2. The fourth-order valence-electron chi connectivity index (χ4n) is 1.23. The molecule has 1 aromatic rings. The molecule has 13 heavy (non-hydrogen) atoms. The van der Waals surface area contributed by atoms with E-state index in [4.69, 9.17) is 4.74 Å². The Labute approximate surface area is 83.4 Å². The number of hydrogen-bond acceptors (Lipinski definition) is 2. The van der Waals surface area contributed by atoms with Crippen molar-refractivity contribution in [3.63, 3.8) is 0 Å². The van der Waals surface area contributed by atoms with E-state index in [9.17, 15) is 0 Å². The lowest BCUT2D eigenvalue weighted by Crippen LogP contribution is -2.00. The van der Waals surface area contributed by atoms with Crippen LogP contribution in [0.1, 0.15) is 18.6 Å². The van der Waals surface area contributed by atoms with Crippen LogP contribution >= 0.6 is 11.3 Å². The van der Waals surface area contributed by atoms with E-state index >= 15 is 0 Å². The lowest BCUT2D eigenvalue weighted by atomic mass is 10.1. The maximum absolute atomic E-state index is 5.36. The maximum atomic E-state index is 5.36. The van der Waals surface area contributed by atoms with E-state index in [2.05, 4.69) is 18.0 Å². The highest BCUT2D eigenvalue weighted by atomic mass is 32.1. The SMILES string of the molecule is C=C(/C=C\C)C(OC)c1ccsc1. The standard InChI is InChI=1S/C11H14OS/c1-4-5-9(2)11(12-3)10-6-7-13-8-10/h4-8,11H,2H2,1,3H3/b5-4-. The summed E-state index contributed by atoms with van der Waals surface area (Å²) >= 11 is 1.67. The van der Waals surface area contributed by atoms with E-state index in [1.54, 1.807) is 18.4 Å². The lowest BCUT2D eigenvalue weighted by molar-refractivity contribution is 0.136. The van der Waals surface area contributed by atoms with Crippen LogP contribution in [0.15, 0.2) is 41.1 Å². The van der Waals surface area contributed by atoms with Crippen molar-refractivity contribution in [3.8, 4) is 0 Å². The Hall–Kier alpha value is -0.860. The first-order chi connectivity index (χ1) is 6.29. The molecule has 0 radical (unpaired) electrons. The minimum atomic E-state index is 0.00227. The molecule has 2 heteroatoms. The topological polar surface area (TPSA) is 9.23 Å². The molecule has 1 atom stereocenters. The van der Waals surface area contributed by atoms with E-state index in [-0.39, 0.29) is 6.10 Å². The summed E-state index contributed by atoms with van der Waals surface area (Å²) in [5, 5.41) is 4.13. The van der Waals surface area contributed by atoms with Gasteiger partial charge in [-0.15, -0.1) is 0 Å². The molecule has 0 aromatic carbocycles. The Balaban J connectivity index is 2.80. The molecular formula is C11H14OS. The molecular weight excluding hydrogens is 180 g/mol. The van der Waals surface area contributed by atoms with Crippen molar-refractivity contribution in [2.24, 2.45) is 0 Å². The van der Waals surface area contributed by atoms with Crippen molar-refractivity contribution in [2.75, 3.05) is 7.11 Å². The van der Waals surface area contributed by atoms with Crippen LogP contribution in [-0.4, -0.2) is 7.11 Å². The van der Waals surface area contributed by atoms with Crippen LogP contribution in [0, 0.1) is 0 Å². The zero-order valence-corrected chi connectivity index (χ0v) is 8.80. The monoisotopic (exact) mass is 194 g/mol. The van der Waals surface area contributed by atoms with Crippen molar-refractivity contribution < 1.29 is 4.74 Å². The molecule has 1 rings (SSSR count). The van der Waals surface area contributed by atoms with Gasteiger partial charge >= 0.3 is 0 Å². The van der Waals surface area contributed by atoms with Gasteiger partial charge in [0, 0.05) is 7.11 Å². The quantitative estimate of drug-likeness (QED) is 0.666. The number of thiophene rings is 1. The highest BCUT2D eigenvalue weighted by Gasteiger charge is 2.11. The predicted molar refractivity (Wildman–Crippen MR) is 58.0 cm³/mol. The van der Waals surface area contributed by atoms with Crippen molar-refractivity contribution >= 4 is 11.3 Å². The average Bonchev–Trinajstić information content (AvgIpc) is 2.59. The molecule has 0 spiro atoms. The Morgan fingerprint density at radius 2 is 2.46 bits per heavy atom. The minimum absolute atomic E-state index is 0.00227. The van der Waals surface area contributed by atoms with Crippen LogP contribution in [0.4, 0.5) is 0 Å². The summed E-state index contributed by atoms with van der Waals surface area (Å²) in [5.74, 6) is 0. The van der Waals surface area contributed by atoms with Gasteiger partial charge in [0.05, 0.1) is 0 Å². The van der Waals surface area contributed by atoms with Crippen molar-refractivity contribution in [1.29, 1.82) is 0 Å². The van der Waals surface area contributed by atoms with Crippen LogP contribution in [0.3, 0.4) is 0 Å². The summed E-state index contributed by atoms with van der Waals surface area (Å²) in [4.78, 5) is 0. The summed E-state index contributed by atoms with van der Waals surface area (Å²) in [7, 11) is 1.71. The van der Waals surface area contributed by atoms with Gasteiger partial charge in [0.2, 0.25) is 0 Å². The van der Waals surface area contributed by atoms with Gasteiger partial charge in [-0.1, -0.05) is 18.7 Å². The first-order valence-electron chi connectivity index (χ1n) is 4.16. The summed E-state index contributed by atoms with van der Waals surface area (Å²) in [6.07, 6.45) is 3.95. The van der Waals surface area contributed by atoms with E-state index in [1.807, 2.05) is 24.5 Å². The van der Waals surface area contributed by atoms with Gasteiger partial charge in [-0.3, -0.25) is 0 Å². The Morgan fingerprint density at radius 3 is 2.92 bits per heavy atom. The van der Waals surface area contributed by atoms with E-state index in [0.29, 0.717) is 0 Å². The highest BCUT2D eigenvalue weighted by Crippen LogP contribution is 2.26.